The molecule has 0 aliphatic carbocycles. The molecule has 2 heterocycles. The largest absolute Gasteiger partial charge is 0.477 e. The van der Waals surface area contributed by atoms with E-state index in [0.717, 1.165) is 16.8 Å². The van der Waals surface area contributed by atoms with Crippen LogP contribution in [-0.4, -0.2) is 21.2 Å². The minimum atomic E-state index is -1.04. The number of aromatic carboxylic acids is 1. The van der Waals surface area contributed by atoms with Crippen molar-refractivity contribution < 1.29 is 14.4 Å². The number of H-pyrrole nitrogens is 1. The molecule has 0 radical (unpaired) electrons. The van der Waals surface area contributed by atoms with Crippen LogP contribution < -0.4 is 0 Å². The van der Waals surface area contributed by atoms with Crippen molar-refractivity contribution in [2.24, 2.45) is 0 Å². The predicted octanol–water partition coefficient (Wildman–Crippen LogP) is 1.98. The molecule has 0 saturated heterocycles. The van der Waals surface area contributed by atoms with Crippen LogP contribution in [0.2, 0.25) is 0 Å². The number of nitrogens with one attached hydrogen (secondary N) is 1. The molecule has 0 amide bonds. The van der Waals surface area contributed by atoms with Gasteiger partial charge in [-0.1, -0.05) is 5.16 Å². The van der Waals surface area contributed by atoms with Crippen LogP contribution in [0.4, 0.5) is 0 Å². The van der Waals surface area contributed by atoms with Crippen LogP contribution in [0.1, 0.15) is 21.6 Å². The van der Waals surface area contributed by atoms with Gasteiger partial charge in [0.25, 0.3) is 0 Å². The Morgan fingerprint density at radius 3 is 2.80 bits per heavy atom. The first-order chi connectivity index (χ1) is 7.11. The summed E-state index contributed by atoms with van der Waals surface area (Å²) in [7, 11) is 0. The average Bonchev–Trinajstić information content (AvgIpc) is 2.73. The molecule has 0 unspecified atom stereocenters. The van der Waals surface area contributed by atoms with E-state index in [2.05, 4.69) is 10.1 Å². The van der Waals surface area contributed by atoms with Crippen molar-refractivity contribution in [2.75, 3.05) is 0 Å². The molecule has 5 nitrogen and oxygen atoms in total. The average molecular weight is 206 g/mol. The predicted molar refractivity (Wildman–Crippen MR) is 52.7 cm³/mol. The molecule has 0 fully saturated rings. The van der Waals surface area contributed by atoms with Crippen molar-refractivity contribution in [3.05, 3.63) is 29.2 Å². The van der Waals surface area contributed by atoms with Gasteiger partial charge in [-0.25, -0.2) is 4.79 Å². The third-order valence-electron chi connectivity index (χ3n) is 2.30. The van der Waals surface area contributed by atoms with Crippen LogP contribution in [-0.2, 0) is 0 Å². The number of carbonyl (C=O) groups is 1. The summed E-state index contributed by atoms with van der Waals surface area (Å²) < 4.78 is 4.98. The monoisotopic (exact) mass is 206 g/mol. The Bertz CT molecular complexity index is 491. The summed E-state index contributed by atoms with van der Waals surface area (Å²) >= 11 is 0. The minimum absolute atomic E-state index is 0.0841. The van der Waals surface area contributed by atoms with Gasteiger partial charge in [0, 0.05) is 17.5 Å². The second-order valence-corrected chi connectivity index (χ2v) is 3.35. The van der Waals surface area contributed by atoms with Crippen LogP contribution in [0.25, 0.3) is 11.3 Å². The van der Waals surface area contributed by atoms with Gasteiger partial charge in [-0.3, -0.25) is 0 Å². The van der Waals surface area contributed by atoms with Gasteiger partial charge in [0.2, 0.25) is 0 Å². The Hall–Kier alpha value is -2.04. The van der Waals surface area contributed by atoms with E-state index in [-0.39, 0.29) is 5.56 Å². The highest BCUT2D eigenvalue weighted by molar-refractivity contribution is 5.94. The molecule has 0 aliphatic rings. The first-order valence-electron chi connectivity index (χ1n) is 4.44. The molecular formula is C10H10N2O3. The van der Waals surface area contributed by atoms with E-state index < -0.39 is 5.97 Å². The molecule has 0 saturated carbocycles. The number of aromatic nitrogens is 2. The minimum Gasteiger partial charge on any atom is -0.477 e. The smallest absolute Gasteiger partial charge is 0.341 e. The lowest BCUT2D eigenvalue weighted by atomic mass is 10.1. The maximum absolute atomic E-state index is 10.9. The summed E-state index contributed by atoms with van der Waals surface area (Å²) in [6.07, 6.45) is 3.02. The second-order valence-electron chi connectivity index (χ2n) is 3.35. The number of aryl methyl sites for hydroxylation is 2. The summed E-state index contributed by atoms with van der Waals surface area (Å²) in [4.78, 5) is 13.9. The molecule has 2 aromatic heterocycles. The molecule has 2 aromatic rings. The van der Waals surface area contributed by atoms with Crippen molar-refractivity contribution >= 4 is 5.97 Å². The molecule has 2 N–H and O–H groups in total. The second kappa shape index (κ2) is 3.27. The number of rotatable bonds is 2. The fourth-order valence-corrected chi connectivity index (χ4v) is 1.58. The van der Waals surface area contributed by atoms with E-state index in [1.165, 1.54) is 6.20 Å². The number of hydrogen-bond acceptors (Lipinski definition) is 3. The Labute approximate surface area is 85.7 Å². The quantitative estimate of drug-likeness (QED) is 0.787. The number of carboxylic acid groups (broad SMARTS) is 1. The van der Waals surface area contributed by atoms with Gasteiger partial charge in [0.1, 0.15) is 5.56 Å². The van der Waals surface area contributed by atoms with Crippen LogP contribution in [0, 0.1) is 13.8 Å². The maximum atomic E-state index is 10.9. The highest BCUT2D eigenvalue weighted by Gasteiger charge is 2.20. The van der Waals surface area contributed by atoms with Gasteiger partial charge in [-0.15, -0.1) is 0 Å². The van der Waals surface area contributed by atoms with E-state index in [9.17, 15) is 4.79 Å². The van der Waals surface area contributed by atoms with Gasteiger partial charge in [0.05, 0.1) is 6.20 Å². The van der Waals surface area contributed by atoms with Crippen LogP contribution in [0.3, 0.4) is 0 Å². The van der Waals surface area contributed by atoms with Crippen LogP contribution >= 0.6 is 0 Å². The fourth-order valence-electron chi connectivity index (χ4n) is 1.58. The first kappa shape index (κ1) is 9.51. The molecule has 0 bridgehead atoms. The lowest BCUT2D eigenvalue weighted by Gasteiger charge is -1.98. The van der Waals surface area contributed by atoms with Gasteiger partial charge >= 0.3 is 5.97 Å². The van der Waals surface area contributed by atoms with Gasteiger partial charge in [0.15, 0.2) is 5.76 Å². The molecule has 2 rings (SSSR count). The zero-order valence-electron chi connectivity index (χ0n) is 8.37. The van der Waals surface area contributed by atoms with E-state index in [4.69, 9.17) is 9.63 Å². The summed E-state index contributed by atoms with van der Waals surface area (Å²) in [5.74, 6) is -0.731. The highest BCUT2D eigenvalue weighted by Crippen LogP contribution is 2.29. The SMILES string of the molecule is Cc1c[nH]c(C)c1-c1oncc1C(=O)O. The number of nitrogens with zero attached hydrogens (tertiary/aromatic N) is 1. The maximum Gasteiger partial charge on any atom is 0.341 e. The molecule has 0 aliphatic heterocycles. The zero-order chi connectivity index (χ0) is 11.0. The van der Waals surface area contributed by atoms with Gasteiger partial charge in [-0.2, -0.15) is 0 Å². The number of carboxylic acids is 1. The van der Waals surface area contributed by atoms with Crippen molar-refractivity contribution in [1.82, 2.24) is 10.1 Å². The standard InChI is InChI=1S/C10H10N2O3/c1-5-3-11-6(2)8(5)9-7(10(13)14)4-12-15-9/h3-4,11H,1-2H3,(H,13,14). The highest BCUT2D eigenvalue weighted by atomic mass is 16.5. The lowest BCUT2D eigenvalue weighted by molar-refractivity contribution is 0.0697. The summed E-state index contributed by atoms with van der Waals surface area (Å²) in [6, 6.07) is 0. The summed E-state index contributed by atoms with van der Waals surface area (Å²) in [5, 5.41) is 12.4. The fraction of sp³-hybridized carbons (Fsp3) is 0.200. The van der Waals surface area contributed by atoms with E-state index in [0.29, 0.717) is 5.76 Å². The Morgan fingerprint density at radius 1 is 1.53 bits per heavy atom. The third kappa shape index (κ3) is 1.41. The third-order valence-corrected chi connectivity index (χ3v) is 2.30. The van der Waals surface area contributed by atoms with E-state index >= 15 is 0 Å². The Morgan fingerprint density at radius 2 is 2.27 bits per heavy atom. The van der Waals surface area contributed by atoms with Crippen molar-refractivity contribution in [2.45, 2.75) is 13.8 Å². The number of aromatic amines is 1. The van der Waals surface area contributed by atoms with Crippen molar-refractivity contribution in [3.63, 3.8) is 0 Å². The van der Waals surface area contributed by atoms with E-state index in [1.807, 2.05) is 13.8 Å². The molecule has 0 aromatic carbocycles. The summed E-state index contributed by atoms with van der Waals surface area (Å²) in [5.41, 5.74) is 2.66. The van der Waals surface area contributed by atoms with Crippen LogP contribution in [0.5, 0.6) is 0 Å². The Balaban J connectivity index is 2.64. The van der Waals surface area contributed by atoms with E-state index in [1.54, 1.807) is 6.20 Å². The molecular weight excluding hydrogens is 196 g/mol. The van der Waals surface area contributed by atoms with Gasteiger partial charge < -0.3 is 14.6 Å². The zero-order valence-corrected chi connectivity index (χ0v) is 8.37. The molecule has 0 atom stereocenters. The molecule has 78 valence electrons. The van der Waals surface area contributed by atoms with Crippen molar-refractivity contribution in [1.29, 1.82) is 0 Å². The normalized spacial score (nSPS) is 10.5. The lowest BCUT2D eigenvalue weighted by Crippen LogP contribution is -1.96. The Kier molecular flexibility index (Phi) is 2.07. The molecule has 5 heteroatoms. The molecule has 15 heavy (non-hydrogen) atoms. The summed E-state index contributed by atoms with van der Waals surface area (Å²) in [6.45, 7) is 3.74. The van der Waals surface area contributed by atoms with Gasteiger partial charge in [-0.05, 0) is 19.4 Å². The molecule has 0 spiro atoms. The topological polar surface area (TPSA) is 79.1 Å². The van der Waals surface area contributed by atoms with Crippen LogP contribution in [0.15, 0.2) is 16.9 Å². The first-order valence-corrected chi connectivity index (χ1v) is 4.44. The van der Waals surface area contributed by atoms with Crippen molar-refractivity contribution in [3.8, 4) is 11.3 Å². The number of hydrogen-bond donors (Lipinski definition) is 2.